The number of hydrogen-bond acceptors (Lipinski definition) is 2. The van der Waals surface area contributed by atoms with Gasteiger partial charge in [0.2, 0.25) is 0 Å². The first kappa shape index (κ1) is 13.1. The minimum atomic E-state index is -0.398. The number of Topliss-reactive ketones (excluding diaryl/α,β-unsaturated/α-hetero) is 1. The Kier molecular flexibility index (Phi) is 4.34. The minimum absolute atomic E-state index is 0.159. The predicted octanol–water partition coefficient (Wildman–Crippen LogP) is 3.99. The van der Waals surface area contributed by atoms with Crippen LogP contribution in [0, 0.1) is 11.7 Å². The van der Waals surface area contributed by atoms with Crippen LogP contribution >= 0.6 is 0 Å². The zero-order chi connectivity index (χ0) is 13.0. The zero-order valence-corrected chi connectivity index (χ0v) is 10.7. The second-order valence-electron chi connectivity index (χ2n) is 5.01. The molecule has 0 aliphatic heterocycles. The first-order chi connectivity index (χ1) is 8.66. The zero-order valence-electron chi connectivity index (χ0n) is 10.7. The van der Waals surface area contributed by atoms with Crippen molar-refractivity contribution < 1.29 is 13.9 Å². The third kappa shape index (κ3) is 3.31. The van der Waals surface area contributed by atoms with Crippen LogP contribution in [0.2, 0.25) is 0 Å². The van der Waals surface area contributed by atoms with Crippen LogP contribution in [0.1, 0.15) is 49.4 Å². The van der Waals surface area contributed by atoms with Crippen LogP contribution in [-0.2, 0) is 0 Å². The van der Waals surface area contributed by atoms with Crippen molar-refractivity contribution in [2.24, 2.45) is 5.92 Å². The predicted molar refractivity (Wildman–Crippen MR) is 68.5 cm³/mol. The van der Waals surface area contributed by atoms with E-state index in [1.54, 1.807) is 6.07 Å². The quantitative estimate of drug-likeness (QED) is 0.755. The molecule has 0 radical (unpaired) electrons. The number of hydrogen-bond donors (Lipinski definition) is 0. The Hall–Kier alpha value is -1.38. The van der Waals surface area contributed by atoms with Gasteiger partial charge in [0.25, 0.3) is 0 Å². The number of ketones is 1. The van der Waals surface area contributed by atoms with Gasteiger partial charge < -0.3 is 4.74 Å². The Morgan fingerprint density at radius 1 is 1.33 bits per heavy atom. The molecule has 3 heteroatoms. The van der Waals surface area contributed by atoms with Gasteiger partial charge in [-0.25, -0.2) is 4.39 Å². The third-order valence-corrected chi connectivity index (χ3v) is 3.52. The molecule has 0 aromatic heterocycles. The van der Waals surface area contributed by atoms with Crippen molar-refractivity contribution in [3.63, 3.8) is 0 Å². The molecule has 1 aliphatic rings. The van der Waals surface area contributed by atoms with Crippen molar-refractivity contribution in [2.45, 2.75) is 39.0 Å². The molecule has 2 nitrogen and oxygen atoms in total. The summed E-state index contributed by atoms with van der Waals surface area (Å²) in [6.45, 7) is 2.06. The molecule has 0 bridgehead atoms. The molecule has 1 aromatic carbocycles. The van der Waals surface area contributed by atoms with E-state index in [0.29, 0.717) is 23.8 Å². The normalized spacial score (nSPS) is 16.6. The van der Waals surface area contributed by atoms with E-state index < -0.39 is 5.82 Å². The average molecular weight is 250 g/mol. The van der Waals surface area contributed by atoms with Gasteiger partial charge in [-0.3, -0.25) is 4.79 Å². The topological polar surface area (TPSA) is 26.3 Å². The highest BCUT2D eigenvalue weighted by Gasteiger charge is 2.16. The van der Waals surface area contributed by atoms with E-state index in [2.05, 4.69) is 0 Å². The average Bonchev–Trinajstić information content (AvgIpc) is 2.38. The Bertz CT molecular complexity index is 423. The highest BCUT2D eigenvalue weighted by atomic mass is 19.1. The molecular weight excluding hydrogens is 231 g/mol. The largest absolute Gasteiger partial charge is 0.493 e. The lowest BCUT2D eigenvalue weighted by Gasteiger charge is -2.22. The molecule has 0 heterocycles. The van der Waals surface area contributed by atoms with Crippen molar-refractivity contribution in [3.05, 3.63) is 29.6 Å². The van der Waals surface area contributed by atoms with E-state index in [4.69, 9.17) is 4.74 Å². The van der Waals surface area contributed by atoms with Gasteiger partial charge in [-0.05, 0) is 43.9 Å². The summed E-state index contributed by atoms with van der Waals surface area (Å²) in [7, 11) is 0. The maximum absolute atomic E-state index is 13.1. The van der Waals surface area contributed by atoms with Crippen LogP contribution in [0.5, 0.6) is 5.75 Å². The molecule has 1 fully saturated rings. The lowest BCUT2D eigenvalue weighted by atomic mass is 9.90. The van der Waals surface area contributed by atoms with E-state index in [9.17, 15) is 9.18 Å². The molecule has 0 saturated heterocycles. The number of rotatable bonds is 4. The first-order valence-electron chi connectivity index (χ1n) is 6.60. The summed E-state index contributed by atoms with van der Waals surface area (Å²) < 4.78 is 18.8. The molecule has 0 amide bonds. The summed E-state index contributed by atoms with van der Waals surface area (Å²) >= 11 is 0. The Morgan fingerprint density at radius 3 is 2.72 bits per heavy atom. The second kappa shape index (κ2) is 5.98. The Morgan fingerprint density at radius 2 is 2.06 bits per heavy atom. The third-order valence-electron chi connectivity index (χ3n) is 3.52. The number of carbonyl (C=O) groups is 1. The number of benzene rings is 1. The molecule has 1 aliphatic carbocycles. The molecule has 1 saturated carbocycles. The van der Waals surface area contributed by atoms with Crippen LogP contribution < -0.4 is 4.74 Å². The van der Waals surface area contributed by atoms with E-state index in [0.717, 1.165) is 0 Å². The van der Waals surface area contributed by atoms with Crippen LogP contribution in [0.15, 0.2) is 18.2 Å². The van der Waals surface area contributed by atoms with Crippen molar-refractivity contribution >= 4 is 5.78 Å². The summed E-state index contributed by atoms with van der Waals surface area (Å²) in [6.07, 6.45) is 6.22. The maximum Gasteiger partial charge on any atom is 0.163 e. The van der Waals surface area contributed by atoms with Gasteiger partial charge in [-0.2, -0.15) is 0 Å². The number of carbonyl (C=O) groups excluding carboxylic acids is 1. The summed E-state index contributed by atoms with van der Waals surface area (Å²) in [5, 5.41) is 0. The summed E-state index contributed by atoms with van der Waals surface area (Å²) in [5.41, 5.74) is 0.339. The summed E-state index contributed by atoms with van der Waals surface area (Å²) in [4.78, 5) is 11.4. The van der Waals surface area contributed by atoms with E-state index in [1.807, 2.05) is 0 Å². The monoisotopic (exact) mass is 250 g/mol. The molecule has 0 unspecified atom stereocenters. The van der Waals surface area contributed by atoms with Gasteiger partial charge in [-0.1, -0.05) is 19.3 Å². The first-order valence-corrected chi connectivity index (χ1v) is 6.60. The minimum Gasteiger partial charge on any atom is -0.493 e. The molecule has 98 valence electrons. The maximum atomic E-state index is 13.1. The number of ether oxygens (including phenoxy) is 1. The van der Waals surface area contributed by atoms with Gasteiger partial charge in [-0.15, -0.1) is 0 Å². The fraction of sp³-hybridized carbons (Fsp3) is 0.533. The van der Waals surface area contributed by atoms with Crippen molar-refractivity contribution in [2.75, 3.05) is 6.61 Å². The van der Waals surface area contributed by atoms with Crippen molar-refractivity contribution in [1.82, 2.24) is 0 Å². The molecular formula is C15H19FO2. The fourth-order valence-electron chi connectivity index (χ4n) is 2.46. The lowest BCUT2D eigenvalue weighted by Crippen LogP contribution is -2.16. The van der Waals surface area contributed by atoms with Gasteiger partial charge in [0.1, 0.15) is 11.6 Å². The molecule has 0 N–H and O–H groups in total. The van der Waals surface area contributed by atoms with Crippen LogP contribution in [-0.4, -0.2) is 12.4 Å². The molecule has 0 atom stereocenters. The van der Waals surface area contributed by atoms with Crippen LogP contribution in [0.3, 0.4) is 0 Å². The van der Waals surface area contributed by atoms with Crippen molar-refractivity contribution in [3.8, 4) is 5.75 Å². The molecule has 0 spiro atoms. The summed E-state index contributed by atoms with van der Waals surface area (Å²) in [6, 6.07) is 4.13. The van der Waals surface area contributed by atoms with Gasteiger partial charge in [0, 0.05) is 0 Å². The van der Waals surface area contributed by atoms with Crippen LogP contribution in [0.25, 0.3) is 0 Å². The second-order valence-corrected chi connectivity index (χ2v) is 5.01. The van der Waals surface area contributed by atoms with E-state index in [-0.39, 0.29) is 5.78 Å². The van der Waals surface area contributed by atoms with Gasteiger partial charge in [0.05, 0.1) is 12.2 Å². The van der Waals surface area contributed by atoms with Crippen LogP contribution in [0.4, 0.5) is 4.39 Å². The lowest BCUT2D eigenvalue weighted by molar-refractivity contribution is 0.101. The van der Waals surface area contributed by atoms with E-state index in [1.165, 1.54) is 51.2 Å². The number of halogens is 1. The SMILES string of the molecule is CC(=O)c1cc(F)ccc1OCC1CCCCC1. The molecule has 2 rings (SSSR count). The smallest absolute Gasteiger partial charge is 0.163 e. The standard InChI is InChI=1S/C15H19FO2/c1-11(17)14-9-13(16)7-8-15(14)18-10-12-5-3-2-4-6-12/h7-9,12H,2-6,10H2,1H3. The molecule has 1 aromatic rings. The highest BCUT2D eigenvalue weighted by molar-refractivity contribution is 5.96. The van der Waals surface area contributed by atoms with Gasteiger partial charge >= 0.3 is 0 Å². The highest BCUT2D eigenvalue weighted by Crippen LogP contribution is 2.26. The Balaban J connectivity index is 2.01. The summed E-state index contributed by atoms with van der Waals surface area (Å²) in [5.74, 6) is 0.524. The van der Waals surface area contributed by atoms with Crippen molar-refractivity contribution in [1.29, 1.82) is 0 Å². The van der Waals surface area contributed by atoms with Gasteiger partial charge in [0.15, 0.2) is 5.78 Å². The van der Waals surface area contributed by atoms with E-state index >= 15 is 0 Å². The molecule has 18 heavy (non-hydrogen) atoms. The fourth-order valence-corrected chi connectivity index (χ4v) is 2.46. The Labute approximate surface area is 107 Å².